The molecule has 0 spiro atoms. The van der Waals surface area contributed by atoms with Gasteiger partial charge in [-0.05, 0) is 33.3 Å². The molecule has 0 bridgehead atoms. The molecule has 1 heterocycles. The Balaban J connectivity index is 3.13. The molecule has 0 aromatic carbocycles. The van der Waals surface area contributed by atoms with Gasteiger partial charge in [-0.2, -0.15) is 0 Å². The standard InChI is InChI=1S/C12H20NO5P/c1-5-16-12(14)10-8-13-11(9(10)4)19(15,17-6-2)18-7-3/h8,13H,5-7H2,1-4H3. The van der Waals surface area contributed by atoms with Crippen molar-refractivity contribution in [2.24, 2.45) is 0 Å². The van der Waals surface area contributed by atoms with Crippen molar-refractivity contribution in [1.29, 1.82) is 0 Å². The molecule has 0 unspecified atom stereocenters. The van der Waals surface area contributed by atoms with E-state index in [2.05, 4.69) is 4.98 Å². The first-order valence-electron chi connectivity index (χ1n) is 6.24. The number of aromatic nitrogens is 1. The van der Waals surface area contributed by atoms with Crippen LogP contribution in [0.1, 0.15) is 36.7 Å². The van der Waals surface area contributed by atoms with Crippen LogP contribution in [-0.4, -0.2) is 30.8 Å². The summed E-state index contributed by atoms with van der Waals surface area (Å²) in [5, 5.41) is 0. The summed E-state index contributed by atoms with van der Waals surface area (Å²) in [6.07, 6.45) is 1.47. The molecule has 0 aliphatic rings. The van der Waals surface area contributed by atoms with Gasteiger partial charge in [0.2, 0.25) is 0 Å². The van der Waals surface area contributed by atoms with Crippen LogP contribution in [0.15, 0.2) is 6.20 Å². The van der Waals surface area contributed by atoms with Gasteiger partial charge in [-0.3, -0.25) is 4.57 Å². The first-order chi connectivity index (χ1) is 9.00. The van der Waals surface area contributed by atoms with Crippen molar-refractivity contribution in [2.75, 3.05) is 19.8 Å². The Morgan fingerprint density at radius 1 is 1.21 bits per heavy atom. The fourth-order valence-electron chi connectivity index (χ4n) is 1.70. The van der Waals surface area contributed by atoms with E-state index in [0.29, 0.717) is 16.6 Å². The number of hydrogen-bond donors (Lipinski definition) is 1. The first-order valence-corrected chi connectivity index (χ1v) is 7.79. The highest BCUT2D eigenvalue weighted by molar-refractivity contribution is 7.62. The minimum atomic E-state index is -3.41. The fourth-order valence-corrected chi connectivity index (χ4v) is 3.46. The zero-order chi connectivity index (χ0) is 14.5. The van der Waals surface area contributed by atoms with E-state index in [0.717, 1.165) is 0 Å². The number of rotatable bonds is 7. The zero-order valence-corrected chi connectivity index (χ0v) is 12.6. The van der Waals surface area contributed by atoms with Gasteiger partial charge < -0.3 is 18.8 Å². The summed E-state index contributed by atoms with van der Waals surface area (Å²) >= 11 is 0. The van der Waals surface area contributed by atoms with E-state index in [9.17, 15) is 9.36 Å². The molecule has 0 saturated carbocycles. The van der Waals surface area contributed by atoms with E-state index in [-0.39, 0.29) is 19.8 Å². The van der Waals surface area contributed by atoms with Crippen molar-refractivity contribution >= 4 is 19.0 Å². The van der Waals surface area contributed by atoms with Crippen molar-refractivity contribution in [3.05, 3.63) is 17.3 Å². The molecule has 0 aliphatic heterocycles. The lowest BCUT2D eigenvalue weighted by Gasteiger charge is -2.16. The first kappa shape index (κ1) is 16.0. The number of aromatic amines is 1. The summed E-state index contributed by atoms with van der Waals surface area (Å²) in [6.45, 7) is 7.67. The van der Waals surface area contributed by atoms with Crippen molar-refractivity contribution in [1.82, 2.24) is 4.98 Å². The van der Waals surface area contributed by atoms with Gasteiger partial charge in [-0.1, -0.05) is 0 Å². The SMILES string of the molecule is CCOC(=O)c1c[nH]c(P(=O)(OCC)OCC)c1C. The van der Waals surface area contributed by atoms with E-state index in [4.69, 9.17) is 13.8 Å². The molecular weight excluding hydrogens is 269 g/mol. The number of hydrogen-bond acceptors (Lipinski definition) is 5. The van der Waals surface area contributed by atoms with Gasteiger partial charge in [0, 0.05) is 6.20 Å². The third-order valence-corrected chi connectivity index (χ3v) is 4.69. The van der Waals surface area contributed by atoms with Crippen molar-refractivity contribution in [3.63, 3.8) is 0 Å². The summed E-state index contributed by atoms with van der Waals surface area (Å²) in [7, 11) is -3.41. The summed E-state index contributed by atoms with van der Waals surface area (Å²) in [5.41, 5.74) is 1.18. The van der Waals surface area contributed by atoms with Crippen molar-refractivity contribution in [3.8, 4) is 0 Å². The molecule has 0 fully saturated rings. The number of carbonyl (C=O) groups is 1. The normalized spacial score (nSPS) is 11.6. The Hall–Kier alpha value is -1.10. The molecule has 6 nitrogen and oxygen atoms in total. The average molecular weight is 289 g/mol. The molecule has 19 heavy (non-hydrogen) atoms. The number of carbonyl (C=O) groups excluding carboxylic acids is 1. The molecule has 0 aliphatic carbocycles. The summed E-state index contributed by atoms with van der Waals surface area (Å²) in [6, 6.07) is 0. The van der Waals surface area contributed by atoms with Crippen LogP contribution in [0.4, 0.5) is 0 Å². The molecule has 1 aromatic heterocycles. The van der Waals surface area contributed by atoms with Crippen LogP contribution >= 0.6 is 7.60 Å². The third kappa shape index (κ3) is 3.47. The second-order valence-electron chi connectivity index (χ2n) is 3.73. The third-order valence-electron chi connectivity index (χ3n) is 2.48. The van der Waals surface area contributed by atoms with E-state index < -0.39 is 13.6 Å². The molecule has 1 aromatic rings. The lowest BCUT2D eigenvalue weighted by atomic mass is 10.2. The molecule has 1 N–H and O–H groups in total. The highest BCUT2D eigenvalue weighted by atomic mass is 31.2. The number of ether oxygens (including phenoxy) is 1. The molecule has 0 atom stereocenters. The van der Waals surface area contributed by atoms with Gasteiger partial charge in [-0.15, -0.1) is 0 Å². The van der Waals surface area contributed by atoms with Crippen LogP contribution in [0.3, 0.4) is 0 Å². The number of esters is 1. The number of H-pyrrole nitrogens is 1. The van der Waals surface area contributed by atoms with Crippen LogP contribution in [0.25, 0.3) is 0 Å². The van der Waals surface area contributed by atoms with Crippen LogP contribution in [0.2, 0.25) is 0 Å². The smallest absolute Gasteiger partial charge is 0.377 e. The molecular formula is C12H20NO5P. The Kier molecular flexibility index (Phi) is 5.79. The highest BCUT2D eigenvalue weighted by Gasteiger charge is 2.32. The van der Waals surface area contributed by atoms with E-state index in [1.165, 1.54) is 6.20 Å². The number of nitrogens with one attached hydrogen (secondary N) is 1. The molecule has 0 radical (unpaired) electrons. The predicted molar refractivity (Wildman–Crippen MR) is 72.0 cm³/mol. The Labute approximate surface area is 113 Å². The van der Waals surface area contributed by atoms with Gasteiger partial charge in [0.1, 0.15) is 5.44 Å². The molecule has 7 heteroatoms. The van der Waals surface area contributed by atoms with Gasteiger partial charge in [0.25, 0.3) is 0 Å². The monoisotopic (exact) mass is 289 g/mol. The van der Waals surface area contributed by atoms with Crippen molar-refractivity contribution < 1.29 is 23.1 Å². The lowest BCUT2D eigenvalue weighted by Crippen LogP contribution is -2.15. The average Bonchev–Trinajstić information content (AvgIpc) is 2.72. The fraction of sp³-hybridized carbons (Fsp3) is 0.583. The second-order valence-corrected chi connectivity index (χ2v) is 5.69. The lowest BCUT2D eigenvalue weighted by molar-refractivity contribution is 0.0526. The highest BCUT2D eigenvalue weighted by Crippen LogP contribution is 2.47. The van der Waals surface area contributed by atoms with Gasteiger partial charge in [0.15, 0.2) is 0 Å². The summed E-state index contributed by atoms with van der Waals surface area (Å²) < 4.78 is 28.0. The maximum Gasteiger partial charge on any atom is 0.377 e. The zero-order valence-electron chi connectivity index (χ0n) is 11.7. The van der Waals surface area contributed by atoms with Crippen LogP contribution in [0, 0.1) is 6.92 Å². The summed E-state index contributed by atoms with van der Waals surface area (Å²) in [5.74, 6) is -0.456. The minimum absolute atomic E-state index is 0.254. The Morgan fingerprint density at radius 2 is 1.79 bits per heavy atom. The van der Waals surface area contributed by atoms with Gasteiger partial charge >= 0.3 is 13.6 Å². The minimum Gasteiger partial charge on any atom is -0.462 e. The second kappa shape index (κ2) is 6.89. The topological polar surface area (TPSA) is 77.6 Å². The van der Waals surface area contributed by atoms with Crippen LogP contribution in [0.5, 0.6) is 0 Å². The van der Waals surface area contributed by atoms with Gasteiger partial charge in [0.05, 0.1) is 25.4 Å². The molecule has 1 rings (SSSR count). The van der Waals surface area contributed by atoms with E-state index >= 15 is 0 Å². The van der Waals surface area contributed by atoms with Gasteiger partial charge in [-0.25, -0.2) is 4.79 Å². The predicted octanol–water partition coefficient (Wildman–Crippen LogP) is 2.39. The van der Waals surface area contributed by atoms with E-state index in [1.54, 1.807) is 27.7 Å². The molecule has 0 saturated heterocycles. The van der Waals surface area contributed by atoms with Crippen LogP contribution in [-0.2, 0) is 18.3 Å². The largest absolute Gasteiger partial charge is 0.462 e. The van der Waals surface area contributed by atoms with Crippen molar-refractivity contribution in [2.45, 2.75) is 27.7 Å². The Bertz CT molecular complexity index is 472. The molecule has 0 amide bonds. The summed E-state index contributed by atoms with van der Waals surface area (Å²) in [4.78, 5) is 14.5. The van der Waals surface area contributed by atoms with Crippen LogP contribution < -0.4 is 5.44 Å². The maximum absolute atomic E-state index is 12.6. The van der Waals surface area contributed by atoms with E-state index in [1.807, 2.05) is 0 Å². The Morgan fingerprint density at radius 3 is 2.26 bits per heavy atom. The maximum atomic E-state index is 12.6. The molecule has 108 valence electrons. The quantitative estimate of drug-likeness (QED) is 0.616.